The first-order valence-electron chi connectivity index (χ1n) is 8.29. The molecule has 0 fully saturated rings. The normalized spacial score (nSPS) is 12.7. The van der Waals surface area contributed by atoms with Gasteiger partial charge in [-0.15, -0.1) is 0 Å². The molecule has 0 aliphatic carbocycles. The predicted octanol–water partition coefficient (Wildman–Crippen LogP) is 3.94. The summed E-state index contributed by atoms with van der Waals surface area (Å²) in [5, 5.41) is 3.05. The minimum atomic E-state index is -3.81. The first-order valence-corrected chi connectivity index (χ1v) is 10.1. The molecule has 26 heavy (non-hydrogen) atoms. The van der Waals surface area contributed by atoms with E-state index in [1.165, 1.54) is 29.6 Å². The van der Waals surface area contributed by atoms with Gasteiger partial charge in [-0.05, 0) is 43.2 Å². The number of carbonyl (C=O) groups excluding carboxylic acids is 1. The van der Waals surface area contributed by atoms with Crippen LogP contribution in [-0.4, -0.2) is 27.4 Å². The van der Waals surface area contributed by atoms with Gasteiger partial charge in [-0.2, -0.15) is 0 Å². The average Bonchev–Trinajstić information content (AvgIpc) is 2.61. The fourth-order valence-electron chi connectivity index (χ4n) is 2.22. The minimum Gasteiger partial charge on any atom is -0.349 e. The number of nitrogens with one attached hydrogen (secondary N) is 1. The van der Waals surface area contributed by atoms with Gasteiger partial charge in [0.05, 0.1) is 21.2 Å². The quantitative estimate of drug-likeness (QED) is 0.806. The number of rotatable bonds is 6. The highest BCUT2D eigenvalue weighted by atomic mass is 35.5. The first kappa shape index (κ1) is 20.3. The van der Waals surface area contributed by atoms with Crippen molar-refractivity contribution in [1.82, 2.24) is 5.32 Å². The standard InChI is InChI=1S/C19H23ClN2O3S/c1-13(2)14(3)21-19(23)17-12-16(10-11-18(17)20)26(24,25)22(4)15-8-6-5-7-9-15/h5-14H,1-4H3,(H,21,23). The lowest BCUT2D eigenvalue weighted by Crippen LogP contribution is -2.36. The van der Waals surface area contributed by atoms with Gasteiger partial charge in [-0.1, -0.05) is 43.6 Å². The molecule has 0 saturated heterocycles. The highest BCUT2D eigenvalue weighted by Gasteiger charge is 2.24. The van der Waals surface area contributed by atoms with Crippen LogP contribution in [0.5, 0.6) is 0 Å². The summed E-state index contributed by atoms with van der Waals surface area (Å²) < 4.78 is 27.0. The largest absolute Gasteiger partial charge is 0.349 e. The molecule has 0 heterocycles. The zero-order valence-corrected chi connectivity index (χ0v) is 16.8. The number of nitrogens with zero attached hydrogens (tertiary/aromatic N) is 1. The number of halogens is 1. The smallest absolute Gasteiger partial charge is 0.264 e. The Hall–Kier alpha value is -2.05. The number of benzene rings is 2. The van der Waals surface area contributed by atoms with Crippen molar-refractivity contribution in [3.63, 3.8) is 0 Å². The van der Waals surface area contributed by atoms with E-state index in [1.807, 2.05) is 26.8 Å². The van der Waals surface area contributed by atoms with Crippen LogP contribution in [0, 0.1) is 5.92 Å². The zero-order valence-electron chi connectivity index (χ0n) is 15.2. The van der Waals surface area contributed by atoms with Crippen molar-refractivity contribution in [3.05, 3.63) is 59.1 Å². The molecule has 2 aromatic carbocycles. The average molecular weight is 395 g/mol. The van der Waals surface area contributed by atoms with Crippen LogP contribution in [0.15, 0.2) is 53.4 Å². The van der Waals surface area contributed by atoms with Crippen molar-refractivity contribution in [1.29, 1.82) is 0 Å². The highest BCUT2D eigenvalue weighted by Crippen LogP contribution is 2.25. The van der Waals surface area contributed by atoms with Crippen LogP contribution in [0.4, 0.5) is 5.69 Å². The van der Waals surface area contributed by atoms with E-state index in [0.717, 1.165) is 0 Å². The number of hydrogen-bond donors (Lipinski definition) is 1. The molecule has 2 aromatic rings. The number of hydrogen-bond acceptors (Lipinski definition) is 3. The fraction of sp³-hybridized carbons (Fsp3) is 0.316. The fourth-order valence-corrected chi connectivity index (χ4v) is 3.65. The second-order valence-electron chi connectivity index (χ2n) is 6.46. The van der Waals surface area contributed by atoms with Crippen LogP contribution in [-0.2, 0) is 10.0 Å². The molecule has 2 rings (SSSR count). The lowest BCUT2D eigenvalue weighted by molar-refractivity contribution is 0.0930. The molecule has 1 atom stereocenters. The summed E-state index contributed by atoms with van der Waals surface area (Å²) >= 11 is 6.13. The minimum absolute atomic E-state index is 0.00982. The molecule has 0 aromatic heterocycles. The predicted molar refractivity (Wildman–Crippen MR) is 105 cm³/mol. The van der Waals surface area contributed by atoms with Crippen LogP contribution in [0.3, 0.4) is 0 Å². The molecule has 1 N–H and O–H groups in total. The van der Waals surface area contributed by atoms with Crippen molar-refractivity contribution in [2.45, 2.75) is 31.7 Å². The molecular weight excluding hydrogens is 372 g/mol. The monoisotopic (exact) mass is 394 g/mol. The maximum absolute atomic E-state index is 12.9. The summed E-state index contributed by atoms with van der Waals surface area (Å²) in [6.07, 6.45) is 0. The molecule has 140 valence electrons. The Morgan fingerprint density at radius 2 is 1.69 bits per heavy atom. The maximum Gasteiger partial charge on any atom is 0.264 e. The van der Waals surface area contributed by atoms with Crippen LogP contribution >= 0.6 is 11.6 Å². The third-order valence-corrected chi connectivity index (χ3v) is 6.43. The number of sulfonamides is 1. The van der Waals surface area contributed by atoms with Gasteiger partial charge in [0.15, 0.2) is 0 Å². The molecule has 0 saturated carbocycles. The third-order valence-electron chi connectivity index (χ3n) is 4.32. The third kappa shape index (κ3) is 4.37. The highest BCUT2D eigenvalue weighted by molar-refractivity contribution is 7.92. The summed E-state index contributed by atoms with van der Waals surface area (Å²) in [7, 11) is -2.34. The van der Waals surface area contributed by atoms with Crippen LogP contribution in [0.1, 0.15) is 31.1 Å². The second kappa shape index (κ2) is 8.10. The van der Waals surface area contributed by atoms with Crippen LogP contribution < -0.4 is 9.62 Å². The molecule has 1 amide bonds. The Morgan fingerprint density at radius 1 is 1.08 bits per heavy atom. The lowest BCUT2D eigenvalue weighted by Gasteiger charge is -2.21. The number of amides is 1. The van der Waals surface area contributed by atoms with Gasteiger partial charge in [-0.25, -0.2) is 8.42 Å². The van der Waals surface area contributed by atoms with E-state index in [2.05, 4.69) is 5.32 Å². The van der Waals surface area contributed by atoms with E-state index < -0.39 is 15.9 Å². The number of carbonyl (C=O) groups is 1. The Labute approximate surface area is 160 Å². The van der Waals surface area contributed by atoms with Crippen molar-refractivity contribution < 1.29 is 13.2 Å². The van der Waals surface area contributed by atoms with Crippen molar-refractivity contribution in [2.24, 2.45) is 5.92 Å². The van der Waals surface area contributed by atoms with Gasteiger partial charge in [0.2, 0.25) is 0 Å². The van der Waals surface area contributed by atoms with E-state index in [4.69, 9.17) is 11.6 Å². The molecule has 7 heteroatoms. The van der Waals surface area contributed by atoms with Gasteiger partial charge < -0.3 is 5.32 Å². The summed E-state index contributed by atoms with van der Waals surface area (Å²) in [4.78, 5) is 12.5. The number of para-hydroxylation sites is 1. The molecular formula is C19H23ClN2O3S. The summed E-state index contributed by atoms with van der Waals surface area (Å²) in [5.41, 5.74) is 0.670. The van der Waals surface area contributed by atoms with Crippen molar-refractivity contribution in [2.75, 3.05) is 11.4 Å². The molecule has 0 aliphatic rings. The zero-order chi connectivity index (χ0) is 19.5. The van der Waals surface area contributed by atoms with E-state index in [9.17, 15) is 13.2 Å². The Bertz CT molecular complexity index is 883. The van der Waals surface area contributed by atoms with Crippen LogP contribution in [0.25, 0.3) is 0 Å². The van der Waals surface area contributed by atoms with E-state index in [1.54, 1.807) is 24.3 Å². The second-order valence-corrected chi connectivity index (χ2v) is 8.83. The van der Waals surface area contributed by atoms with E-state index >= 15 is 0 Å². The van der Waals surface area contributed by atoms with Gasteiger partial charge in [0.25, 0.3) is 15.9 Å². The van der Waals surface area contributed by atoms with Crippen LogP contribution in [0.2, 0.25) is 5.02 Å². The molecule has 0 aliphatic heterocycles. The first-order chi connectivity index (χ1) is 12.1. The Morgan fingerprint density at radius 3 is 2.27 bits per heavy atom. The molecule has 0 radical (unpaired) electrons. The molecule has 0 bridgehead atoms. The van der Waals surface area contributed by atoms with Gasteiger partial charge in [0, 0.05) is 13.1 Å². The number of anilines is 1. The van der Waals surface area contributed by atoms with Gasteiger partial charge in [0.1, 0.15) is 0 Å². The molecule has 1 unspecified atom stereocenters. The van der Waals surface area contributed by atoms with Gasteiger partial charge >= 0.3 is 0 Å². The summed E-state index contributed by atoms with van der Waals surface area (Å²) in [6.45, 7) is 5.87. The van der Waals surface area contributed by atoms with Crippen molar-refractivity contribution in [3.8, 4) is 0 Å². The summed E-state index contributed by atoms with van der Waals surface area (Å²) in [6, 6.07) is 12.8. The topological polar surface area (TPSA) is 66.5 Å². The lowest BCUT2D eigenvalue weighted by atomic mass is 10.1. The molecule has 0 spiro atoms. The van der Waals surface area contributed by atoms with Gasteiger partial charge in [-0.3, -0.25) is 9.10 Å². The van der Waals surface area contributed by atoms with Crippen molar-refractivity contribution >= 4 is 33.2 Å². The Balaban J connectivity index is 2.38. The van der Waals surface area contributed by atoms with E-state index in [0.29, 0.717) is 5.69 Å². The summed E-state index contributed by atoms with van der Waals surface area (Å²) in [5.74, 6) is -0.149. The SMILES string of the molecule is CC(C)C(C)NC(=O)c1cc(S(=O)(=O)N(C)c2ccccc2)ccc1Cl. The maximum atomic E-state index is 12.9. The Kier molecular flexibility index (Phi) is 6.31. The molecule has 5 nitrogen and oxygen atoms in total. The van der Waals surface area contributed by atoms with E-state index in [-0.39, 0.29) is 27.4 Å².